The summed E-state index contributed by atoms with van der Waals surface area (Å²) in [5.41, 5.74) is 9.84. The van der Waals surface area contributed by atoms with Gasteiger partial charge in [-0.3, -0.25) is 9.88 Å². The van der Waals surface area contributed by atoms with E-state index in [2.05, 4.69) is 66.1 Å². The number of benzene rings is 2. The largest absolute Gasteiger partial charge is 0.356 e. The Morgan fingerprint density at radius 2 is 1.67 bits per heavy atom. The summed E-state index contributed by atoms with van der Waals surface area (Å²) in [5.74, 6) is -0.236. The van der Waals surface area contributed by atoms with Crippen molar-refractivity contribution >= 4 is 5.57 Å². The summed E-state index contributed by atoms with van der Waals surface area (Å²) in [6.07, 6.45) is 11.6. The molecule has 1 aliphatic heterocycles. The van der Waals surface area contributed by atoms with E-state index >= 15 is 0 Å². The first-order valence-corrected chi connectivity index (χ1v) is 15.0. The standard InChI is InChI=1S/C34H36FN3.2C2H6/c1-6-33(14-11-24(2)17-28-9-7-10-32(35)19-28)37-27(5)26(4)34-20-30(13-12-25(34)3)31-18-29(21-36-22-31)23-38-15-8-16-38;2*1-2/h6-7,9-14,18-22,37H,2,4-5,8,15-17,23H2,1,3H3;2*1-2H3/b14-11-,33-6+;;. The van der Waals surface area contributed by atoms with Gasteiger partial charge in [-0.1, -0.05) is 89.4 Å². The van der Waals surface area contributed by atoms with Crippen molar-refractivity contribution in [2.24, 2.45) is 0 Å². The lowest BCUT2D eigenvalue weighted by atomic mass is 9.94. The van der Waals surface area contributed by atoms with Gasteiger partial charge in [-0.05, 0) is 104 Å². The fraction of sp³-hybridized carbons (Fsp3) is 0.289. The molecule has 3 aromatic rings. The molecule has 1 aromatic heterocycles. The minimum Gasteiger partial charge on any atom is -0.356 e. The van der Waals surface area contributed by atoms with Crippen molar-refractivity contribution in [1.29, 1.82) is 0 Å². The Kier molecular flexibility index (Phi) is 14.4. The average Bonchev–Trinajstić information content (AvgIpc) is 2.99. The van der Waals surface area contributed by atoms with Crippen molar-refractivity contribution in [3.8, 4) is 11.1 Å². The molecule has 222 valence electrons. The monoisotopic (exact) mass is 565 g/mol. The van der Waals surface area contributed by atoms with Crippen LogP contribution >= 0.6 is 0 Å². The van der Waals surface area contributed by atoms with Crippen LogP contribution in [0.1, 0.15) is 63.3 Å². The number of pyridine rings is 1. The van der Waals surface area contributed by atoms with Gasteiger partial charge in [0.25, 0.3) is 0 Å². The maximum absolute atomic E-state index is 13.5. The van der Waals surface area contributed by atoms with Crippen molar-refractivity contribution in [2.45, 2.75) is 60.9 Å². The number of hydrogen-bond donors (Lipinski definition) is 1. The first-order chi connectivity index (χ1) is 20.3. The lowest BCUT2D eigenvalue weighted by Gasteiger charge is -2.30. The molecule has 1 fully saturated rings. The smallest absolute Gasteiger partial charge is 0.123 e. The summed E-state index contributed by atoms with van der Waals surface area (Å²) in [6.45, 7) is 28.1. The molecule has 1 saturated heterocycles. The number of allylic oxidation sites excluding steroid dienone is 5. The number of nitrogens with one attached hydrogen (secondary N) is 1. The molecule has 0 unspecified atom stereocenters. The van der Waals surface area contributed by atoms with E-state index in [9.17, 15) is 4.39 Å². The average molecular weight is 566 g/mol. The molecule has 2 aromatic carbocycles. The van der Waals surface area contributed by atoms with E-state index in [1.165, 1.54) is 37.2 Å². The van der Waals surface area contributed by atoms with E-state index in [1.807, 2.05) is 71.3 Å². The summed E-state index contributed by atoms with van der Waals surface area (Å²) >= 11 is 0. The number of aromatic nitrogens is 1. The second-order valence-electron chi connectivity index (χ2n) is 9.87. The number of rotatable bonds is 11. The zero-order valence-corrected chi connectivity index (χ0v) is 26.4. The highest BCUT2D eigenvalue weighted by Crippen LogP contribution is 2.29. The summed E-state index contributed by atoms with van der Waals surface area (Å²) in [5, 5.41) is 3.38. The van der Waals surface area contributed by atoms with Gasteiger partial charge in [0, 0.05) is 35.9 Å². The second-order valence-corrected chi connectivity index (χ2v) is 9.87. The van der Waals surface area contributed by atoms with Crippen LogP contribution in [0, 0.1) is 12.7 Å². The summed E-state index contributed by atoms with van der Waals surface area (Å²) in [6, 6.07) is 15.3. The highest BCUT2D eigenvalue weighted by Gasteiger charge is 2.15. The Morgan fingerprint density at radius 1 is 0.929 bits per heavy atom. The van der Waals surface area contributed by atoms with Crippen molar-refractivity contribution < 1.29 is 4.39 Å². The zero-order chi connectivity index (χ0) is 31.1. The fourth-order valence-electron chi connectivity index (χ4n) is 4.45. The fourth-order valence-corrected chi connectivity index (χ4v) is 4.45. The van der Waals surface area contributed by atoms with Crippen LogP contribution in [0.15, 0.2) is 116 Å². The van der Waals surface area contributed by atoms with Gasteiger partial charge in [0.15, 0.2) is 0 Å². The molecule has 0 amide bonds. The van der Waals surface area contributed by atoms with E-state index in [0.717, 1.165) is 56.9 Å². The topological polar surface area (TPSA) is 28.2 Å². The van der Waals surface area contributed by atoms with Gasteiger partial charge in [0.2, 0.25) is 0 Å². The second kappa shape index (κ2) is 17.7. The van der Waals surface area contributed by atoms with Crippen LogP contribution in [-0.2, 0) is 13.0 Å². The van der Waals surface area contributed by atoms with Crippen molar-refractivity contribution in [1.82, 2.24) is 15.2 Å². The highest BCUT2D eigenvalue weighted by atomic mass is 19.1. The molecule has 42 heavy (non-hydrogen) atoms. The molecule has 0 saturated carbocycles. The summed E-state index contributed by atoms with van der Waals surface area (Å²) in [4.78, 5) is 6.93. The SMILES string of the molecule is C=C(/C=C\C(=C/C)NC(=C)C(=C)c1cc(-c2cncc(CN3CCC3)c2)ccc1C)Cc1cccc(F)c1.CC.CC. The molecular weight excluding hydrogens is 517 g/mol. The van der Waals surface area contributed by atoms with Crippen LogP contribution in [-0.4, -0.2) is 23.0 Å². The summed E-state index contributed by atoms with van der Waals surface area (Å²) in [7, 11) is 0. The Bertz CT molecular complexity index is 1410. The van der Waals surface area contributed by atoms with Crippen molar-refractivity contribution in [2.75, 3.05) is 13.1 Å². The molecule has 4 rings (SSSR count). The molecule has 3 nitrogen and oxygen atoms in total. The molecule has 4 heteroatoms. The molecule has 0 aliphatic carbocycles. The lowest BCUT2D eigenvalue weighted by Crippen LogP contribution is -2.36. The first kappa shape index (κ1) is 34.2. The number of likely N-dealkylation sites (tertiary alicyclic amines) is 1. The Morgan fingerprint density at radius 3 is 2.31 bits per heavy atom. The minimum atomic E-state index is -0.236. The number of hydrogen-bond acceptors (Lipinski definition) is 3. The minimum absolute atomic E-state index is 0.236. The predicted octanol–water partition coefficient (Wildman–Crippen LogP) is 9.83. The number of nitrogens with zero attached hydrogens (tertiary/aromatic N) is 2. The van der Waals surface area contributed by atoms with Crippen LogP contribution in [0.5, 0.6) is 0 Å². The maximum Gasteiger partial charge on any atom is 0.123 e. The van der Waals surface area contributed by atoms with E-state index in [1.54, 1.807) is 6.07 Å². The van der Waals surface area contributed by atoms with E-state index < -0.39 is 0 Å². The zero-order valence-electron chi connectivity index (χ0n) is 26.4. The Balaban J connectivity index is 0.00000148. The first-order valence-electron chi connectivity index (χ1n) is 15.0. The lowest BCUT2D eigenvalue weighted by molar-refractivity contribution is 0.172. The number of halogens is 1. The van der Waals surface area contributed by atoms with Crippen molar-refractivity contribution in [3.63, 3.8) is 0 Å². The third-order valence-electron chi connectivity index (χ3n) is 6.84. The van der Waals surface area contributed by atoms with Gasteiger partial charge < -0.3 is 5.32 Å². The third kappa shape index (κ3) is 10.1. The Hall–Kier alpha value is -4.02. The van der Waals surface area contributed by atoms with Gasteiger partial charge in [0.05, 0.1) is 0 Å². The molecule has 0 atom stereocenters. The Labute approximate surface area is 253 Å². The quantitative estimate of drug-likeness (QED) is 0.235. The van der Waals surface area contributed by atoms with Crippen LogP contribution in [0.2, 0.25) is 0 Å². The van der Waals surface area contributed by atoms with E-state index in [4.69, 9.17) is 0 Å². The van der Waals surface area contributed by atoms with E-state index in [-0.39, 0.29) is 5.82 Å². The summed E-state index contributed by atoms with van der Waals surface area (Å²) < 4.78 is 13.5. The molecule has 2 heterocycles. The van der Waals surface area contributed by atoms with E-state index in [0.29, 0.717) is 6.42 Å². The normalized spacial score (nSPS) is 12.8. The molecule has 0 bridgehead atoms. The van der Waals surface area contributed by atoms with Crippen molar-refractivity contribution in [3.05, 3.63) is 144 Å². The predicted molar refractivity (Wildman–Crippen MR) is 180 cm³/mol. The maximum atomic E-state index is 13.5. The molecule has 1 aliphatic rings. The number of aryl methyl sites for hydroxylation is 1. The van der Waals surface area contributed by atoms with Crippen LogP contribution < -0.4 is 5.32 Å². The third-order valence-corrected chi connectivity index (χ3v) is 6.84. The molecule has 1 N–H and O–H groups in total. The van der Waals surface area contributed by atoms with Gasteiger partial charge in [-0.15, -0.1) is 0 Å². The van der Waals surface area contributed by atoms with Crippen LogP contribution in [0.25, 0.3) is 16.7 Å². The highest BCUT2D eigenvalue weighted by molar-refractivity contribution is 5.81. The molecule has 0 spiro atoms. The van der Waals surface area contributed by atoms with Gasteiger partial charge >= 0.3 is 0 Å². The molecular formula is C38H48FN3. The van der Waals surface area contributed by atoms with Gasteiger partial charge in [-0.2, -0.15) is 0 Å². The van der Waals surface area contributed by atoms with Gasteiger partial charge in [0.1, 0.15) is 5.82 Å². The molecule has 0 radical (unpaired) electrons. The van der Waals surface area contributed by atoms with Crippen LogP contribution in [0.3, 0.4) is 0 Å². The van der Waals surface area contributed by atoms with Crippen LogP contribution in [0.4, 0.5) is 4.39 Å². The van der Waals surface area contributed by atoms with Gasteiger partial charge in [-0.25, -0.2) is 4.39 Å².